The average molecular weight is 372 g/mol. The predicted octanol–water partition coefficient (Wildman–Crippen LogP) is 4.00. The van der Waals surface area contributed by atoms with Crippen LogP contribution in [-0.2, 0) is 4.79 Å². The summed E-state index contributed by atoms with van der Waals surface area (Å²) in [6.07, 6.45) is 7.62. The zero-order valence-electron chi connectivity index (χ0n) is 15.2. The molecule has 26 heavy (non-hydrogen) atoms. The number of nitrogens with zero attached hydrogens (tertiary/aromatic N) is 4. The molecule has 1 saturated carbocycles. The molecule has 7 heteroatoms. The standard InChI is InChI=1S/C19H24N4O2S/c1-13-8-9-16(14(2)10-13)11-20-23-18(15-6-4-3-5-7-15)21-22-19(23)26-12-17(24)25/h8-11,15H,3-7,12H2,1-2H3,(H,24,25)/b20-11-. The maximum Gasteiger partial charge on any atom is 0.313 e. The normalized spacial score (nSPS) is 15.6. The number of hydrogen-bond donors (Lipinski definition) is 1. The average Bonchev–Trinajstić information content (AvgIpc) is 3.03. The summed E-state index contributed by atoms with van der Waals surface area (Å²) < 4.78 is 1.74. The van der Waals surface area contributed by atoms with Gasteiger partial charge in [-0.05, 0) is 37.8 Å². The summed E-state index contributed by atoms with van der Waals surface area (Å²) in [5.74, 6) is 0.259. The first kappa shape index (κ1) is 18.6. The van der Waals surface area contributed by atoms with Crippen LogP contribution in [0.2, 0.25) is 0 Å². The van der Waals surface area contributed by atoms with Gasteiger partial charge in [0.15, 0.2) is 5.82 Å². The van der Waals surface area contributed by atoms with Crippen molar-refractivity contribution in [2.45, 2.75) is 57.0 Å². The summed E-state index contributed by atoms with van der Waals surface area (Å²) in [6.45, 7) is 4.12. The Hall–Kier alpha value is -2.15. The lowest BCUT2D eigenvalue weighted by atomic mass is 9.89. The maximum absolute atomic E-state index is 10.9. The van der Waals surface area contributed by atoms with Gasteiger partial charge in [0.25, 0.3) is 0 Å². The van der Waals surface area contributed by atoms with Gasteiger partial charge in [-0.1, -0.05) is 54.8 Å². The first-order valence-corrected chi connectivity index (χ1v) is 9.94. The van der Waals surface area contributed by atoms with Gasteiger partial charge < -0.3 is 5.11 Å². The van der Waals surface area contributed by atoms with Crippen LogP contribution in [0.15, 0.2) is 28.5 Å². The quantitative estimate of drug-likeness (QED) is 0.612. The number of aliphatic carboxylic acids is 1. The van der Waals surface area contributed by atoms with E-state index in [1.807, 2.05) is 12.3 Å². The topological polar surface area (TPSA) is 80.4 Å². The molecule has 0 saturated heterocycles. The Morgan fingerprint density at radius 2 is 2.08 bits per heavy atom. The van der Waals surface area contributed by atoms with Crippen LogP contribution in [0.25, 0.3) is 0 Å². The monoisotopic (exact) mass is 372 g/mol. The van der Waals surface area contributed by atoms with Gasteiger partial charge >= 0.3 is 5.97 Å². The number of thioether (sulfide) groups is 1. The molecule has 0 spiro atoms. The van der Waals surface area contributed by atoms with E-state index in [4.69, 9.17) is 5.11 Å². The number of rotatable bonds is 6. The van der Waals surface area contributed by atoms with Gasteiger partial charge in [-0.15, -0.1) is 10.2 Å². The summed E-state index contributed by atoms with van der Waals surface area (Å²) in [5.41, 5.74) is 3.40. The lowest BCUT2D eigenvalue weighted by Gasteiger charge is -2.20. The van der Waals surface area contributed by atoms with E-state index in [0.717, 1.165) is 41.6 Å². The summed E-state index contributed by atoms with van der Waals surface area (Å²) in [4.78, 5) is 10.9. The molecule has 1 aliphatic carbocycles. The highest BCUT2D eigenvalue weighted by molar-refractivity contribution is 7.99. The summed E-state index contributed by atoms with van der Waals surface area (Å²) in [6, 6.07) is 6.22. The van der Waals surface area contributed by atoms with Crippen molar-refractivity contribution in [2.24, 2.45) is 5.10 Å². The van der Waals surface area contributed by atoms with Crippen LogP contribution in [0.4, 0.5) is 0 Å². The number of aromatic nitrogens is 3. The van der Waals surface area contributed by atoms with Gasteiger partial charge in [-0.3, -0.25) is 4.79 Å². The Balaban J connectivity index is 1.91. The first-order valence-electron chi connectivity index (χ1n) is 8.96. The lowest BCUT2D eigenvalue weighted by Crippen LogP contribution is -2.11. The minimum atomic E-state index is -0.873. The Bertz CT molecular complexity index is 810. The van der Waals surface area contributed by atoms with Crippen molar-refractivity contribution in [2.75, 3.05) is 5.75 Å². The van der Waals surface area contributed by atoms with Crippen molar-refractivity contribution in [3.63, 3.8) is 0 Å². The molecular formula is C19H24N4O2S. The van der Waals surface area contributed by atoms with Crippen molar-refractivity contribution in [3.05, 3.63) is 40.7 Å². The number of carboxylic acids is 1. The minimum absolute atomic E-state index is 0.0537. The third-order valence-corrected chi connectivity index (χ3v) is 5.57. The molecule has 0 atom stereocenters. The molecule has 1 N–H and O–H groups in total. The van der Waals surface area contributed by atoms with Crippen LogP contribution < -0.4 is 0 Å². The summed E-state index contributed by atoms with van der Waals surface area (Å²) in [7, 11) is 0. The molecule has 0 bridgehead atoms. The van der Waals surface area contributed by atoms with Crippen molar-refractivity contribution in [1.82, 2.24) is 14.9 Å². The third kappa shape index (κ3) is 4.52. The molecule has 0 radical (unpaired) electrons. The molecule has 6 nitrogen and oxygen atoms in total. The zero-order valence-corrected chi connectivity index (χ0v) is 16.0. The minimum Gasteiger partial charge on any atom is -0.481 e. The van der Waals surface area contributed by atoms with E-state index in [2.05, 4.69) is 41.3 Å². The second-order valence-electron chi connectivity index (χ2n) is 6.77. The molecule has 1 aromatic heterocycles. The molecule has 0 unspecified atom stereocenters. The fourth-order valence-corrected chi connectivity index (χ4v) is 3.92. The number of carbonyl (C=O) groups is 1. The highest BCUT2D eigenvalue weighted by Gasteiger charge is 2.23. The van der Waals surface area contributed by atoms with Crippen LogP contribution in [0.3, 0.4) is 0 Å². The second kappa shape index (κ2) is 8.49. The Morgan fingerprint density at radius 3 is 2.77 bits per heavy atom. The van der Waals surface area contributed by atoms with E-state index >= 15 is 0 Å². The number of carboxylic acid groups (broad SMARTS) is 1. The number of benzene rings is 1. The van der Waals surface area contributed by atoms with Crippen LogP contribution in [0.5, 0.6) is 0 Å². The van der Waals surface area contributed by atoms with E-state index in [-0.39, 0.29) is 5.75 Å². The zero-order chi connectivity index (χ0) is 18.5. The predicted molar refractivity (Wildman–Crippen MR) is 103 cm³/mol. The Labute approximate surface area is 157 Å². The van der Waals surface area contributed by atoms with Gasteiger partial charge in [0.05, 0.1) is 12.0 Å². The maximum atomic E-state index is 10.9. The third-order valence-electron chi connectivity index (χ3n) is 4.67. The largest absolute Gasteiger partial charge is 0.481 e. The van der Waals surface area contributed by atoms with Gasteiger partial charge in [0.1, 0.15) is 0 Å². The van der Waals surface area contributed by atoms with Crippen molar-refractivity contribution >= 4 is 23.9 Å². The second-order valence-corrected chi connectivity index (χ2v) is 7.72. The van der Waals surface area contributed by atoms with Crippen LogP contribution >= 0.6 is 11.8 Å². The smallest absolute Gasteiger partial charge is 0.313 e. The fourth-order valence-electron chi connectivity index (χ4n) is 3.31. The van der Waals surface area contributed by atoms with Gasteiger partial charge in [0.2, 0.25) is 5.16 Å². The SMILES string of the molecule is Cc1ccc(/C=N\n2c(SCC(=O)O)nnc2C2CCCCC2)c(C)c1. The van der Waals surface area contributed by atoms with E-state index in [9.17, 15) is 4.79 Å². The van der Waals surface area contributed by atoms with Crippen molar-refractivity contribution < 1.29 is 9.90 Å². The van der Waals surface area contributed by atoms with Gasteiger partial charge in [0, 0.05) is 5.92 Å². The molecule has 2 aromatic rings. The molecule has 138 valence electrons. The molecule has 0 aliphatic heterocycles. The molecule has 1 fully saturated rings. The Kier molecular flexibility index (Phi) is 6.08. The molecule has 1 aromatic carbocycles. The highest BCUT2D eigenvalue weighted by atomic mass is 32.2. The van der Waals surface area contributed by atoms with Crippen molar-refractivity contribution in [1.29, 1.82) is 0 Å². The van der Waals surface area contributed by atoms with Gasteiger partial charge in [-0.2, -0.15) is 9.78 Å². The van der Waals surface area contributed by atoms with Gasteiger partial charge in [-0.25, -0.2) is 0 Å². The molecule has 1 heterocycles. The summed E-state index contributed by atoms with van der Waals surface area (Å²) >= 11 is 1.16. The lowest BCUT2D eigenvalue weighted by molar-refractivity contribution is -0.133. The van der Waals surface area contributed by atoms with E-state index < -0.39 is 5.97 Å². The van der Waals surface area contributed by atoms with Crippen molar-refractivity contribution in [3.8, 4) is 0 Å². The van der Waals surface area contributed by atoms with E-state index in [1.165, 1.54) is 24.8 Å². The number of aryl methyl sites for hydroxylation is 2. The first-order chi connectivity index (χ1) is 12.5. The number of hydrogen-bond acceptors (Lipinski definition) is 5. The fraction of sp³-hybridized carbons (Fsp3) is 0.474. The highest BCUT2D eigenvalue weighted by Crippen LogP contribution is 2.33. The molecule has 0 amide bonds. The molecular weight excluding hydrogens is 348 g/mol. The van der Waals surface area contributed by atoms with Crippen LogP contribution in [0, 0.1) is 13.8 Å². The van der Waals surface area contributed by atoms with Crippen LogP contribution in [-0.4, -0.2) is 37.9 Å². The van der Waals surface area contributed by atoms with E-state index in [0.29, 0.717) is 11.1 Å². The Morgan fingerprint density at radius 1 is 1.31 bits per heavy atom. The van der Waals surface area contributed by atoms with Crippen LogP contribution in [0.1, 0.15) is 60.5 Å². The van der Waals surface area contributed by atoms with E-state index in [1.54, 1.807) is 4.68 Å². The summed E-state index contributed by atoms with van der Waals surface area (Å²) in [5, 5.41) is 22.7. The molecule has 3 rings (SSSR count). The molecule has 1 aliphatic rings.